The third kappa shape index (κ3) is 5.98. The van der Waals surface area contributed by atoms with Crippen molar-refractivity contribution in [2.45, 2.75) is 38.0 Å². The minimum absolute atomic E-state index is 0.239. The number of thioether (sulfide) groups is 1. The van der Waals surface area contributed by atoms with Crippen LogP contribution in [0.4, 0.5) is 0 Å². The maximum Gasteiger partial charge on any atom is 0.121 e. The summed E-state index contributed by atoms with van der Waals surface area (Å²) in [4.78, 5) is 0. The van der Waals surface area contributed by atoms with Gasteiger partial charge >= 0.3 is 0 Å². The molecule has 0 aliphatic rings. The Balaban J connectivity index is 1.91. The monoisotopic (exact) mass is 303 g/mol. The summed E-state index contributed by atoms with van der Waals surface area (Å²) < 4.78 is 5.92. The number of rotatable bonds is 7. The van der Waals surface area contributed by atoms with Crippen LogP contribution in [0.1, 0.15) is 38.1 Å². The predicted octanol–water partition coefficient (Wildman–Crippen LogP) is 4.68. The second kappa shape index (κ2) is 7.71. The highest BCUT2D eigenvalue weighted by Gasteiger charge is 2.15. The number of benzene rings is 1. The van der Waals surface area contributed by atoms with E-state index in [1.54, 1.807) is 6.26 Å². The Morgan fingerprint density at radius 3 is 2.48 bits per heavy atom. The van der Waals surface area contributed by atoms with Crippen LogP contribution in [0.25, 0.3) is 0 Å². The first kappa shape index (κ1) is 16.2. The zero-order valence-corrected chi connectivity index (χ0v) is 14.0. The van der Waals surface area contributed by atoms with Crippen molar-refractivity contribution >= 4 is 11.8 Å². The lowest BCUT2D eigenvalue weighted by atomic mass is 10.0. The topological polar surface area (TPSA) is 25.2 Å². The molecule has 0 fully saturated rings. The van der Waals surface area contributed by atoms with Crippen LogP contribution >= 0.6 is 11.8 Å². The molecule has 3 heteroatoms. The summed E-state index contributed by atoms with van der Waals surface area (Å²) in [6.45, 7) is 7.75. The van der Waals surface area contributed by atoms with E-state index >= 15 is 0 Å². The van der Waals surface area contributed by atoms with Crippen molar-refractivity contribution in [3.63, 3.8) is 0 Å². The predicted molar refractivity (Wildman–Crippen MR) is 91.8 cm³/mol. The van der Waals surface area contributed by atoms with Gasteiger partial charge in [-0.05, 0) is 24.1 Å². The first-order chi connectivity index (χ1) is 10.0. The minimum atomic E-state index is 0.239. The van der Waals surface area contributed by atoms with Gasteiger partial charge in [0.1, 0.15) is 5.76 Å². The maximum atomic E-state index is 5.60. The Bertz CT molecular complexity index is 502. The molecule has 1 unspecified atom stereocenters. The summed E-state index contributed by atoms with van der Waals surface area (Å²) in [5.74, 6) is 2.12. The van der Waals surface area contributed by atoms with Gasteiger partial charge < -0.3 is 9.73 Å². The van der Waals surface area contributed by atoms with Gasteiger partial charge in [0, 0.05) is 17.0 Å². The zero-order valence-electron chi connectivity index (χ0n) is 13.1. The smallest absolute Gasteiger partial charge is 0.121 e. The third-order valence-corrected chi connectivity index (χ3v) is 4.47. The summed E-state index contributed by atoms with van der Waals surface area (Å²) in [6, 6.07) is 14.8. The van der Waals surface area contributed by atoms with Gasteiger partial charge in [0.2, 0.25) is 0 Å². The fraction of sp³-hybridized carbons (Fsp3) is 0.444. The van der Waals surface area contributed by atoms with Gasteiger partial charge in [-0.1, -0.05) is 51.1 Å². The lowest BCUT2D eigenvalue weighted by Gasteiger charge is -2.20. The molecule has 2 rings (SSSR count). The first-order valence-corrected chi connectivity index (χ1v) is 8.48. The van der Waals surface area contributed by atoms with E-state index in [-0.39, 0.29) is 6.04 Å². The molecule has 2 aromatic rings. The Hall–Kier alpha value is -1.19. The number of nitrogens with one attached hydrogen (secondary N) is 1. The SMILES string of the molecule is CC(C)(C)SCCNC(Cc1ccccc1)c1ccco1. The van der Waals surface area contributed by atoms with Crippen LogP contribution in [-0.4, -0.2) is 17.0 Å². The average Bonchev–Trinajstić information content (AvgIpc) is 2.96. The molecule has 0 aliphatic heterocycles. The summed E-state index contributed by atoms with van der Waals surface area (Å²) in [6.07, 6.45) is 2.70. The van der Waals surface area contributed by atoms with Crippen LogP contribution in [-0.2, 0) is 6.42 Å². The molecular formula is C18H25NOS. The summed E-state index contributed by atoms with van der Waals surface area (Å²) in [5.41, 5.74) is 1.33. The van der Waals surface area contributed by atoms with Gasteiger partial charge in [-0.2, -0.15) is 11.8 Å². The van der Waals surface area contributed by atoms with Crippen LogP contribution in [0.5, 0.6) is 0 Å². The summed E-state index contributed by atoms with van der Waals surface area (Å²) in [5, 5.41) is 3.63. The van der Waals surface area contributed by atoms with Gasteiger partial charge in [0.15, 0.2) is 0 Å². The lowest BCUT2D eigenvalue weighted by molar-refractivity contribution is 0.417. The normalized spacial score (nSPS) is 13.3. The maximum absolute atomic E-state index is 5.60. The van der Waals surface area contributed by atoms with E-state index in [1.807, 2.05) is 17.8 Å². The fourth-order valence-electron chi connectivity index (χ4n) is 2.20. The van der Waals surface area contributed by atoms with Crippen molar-refractivity contribution < 1.29 is 4.42 Å². The van der Waals surface area contributed by atoms with Crippen molar-refractivity contribution in [3.8, 4) is 0 Å². The van der Waals surface area contributed by atoms with E-state index in [9.17, 15) is 0 Å². The highest BCUT2D eigenvalue weighted by atomic mass is 32.2. The molecule has 0 saturated heterocycles. The molecule has 0 saturated carbocycles. The highest BCUT2D eigenvalue weighted by molar-refractivity contribution is 8.00. The van der Waals surface area contributed by atoms with Crippen LogP contribution in [0, 0.1) is 0 Å². The van der Waals surface area contributed by atoms with Crippen molar-refractivity contribution in [3.05, 3.63) is 60.1 Å². The van der Waals surface area contributed by atoms with Gasteiger partial charge in [-0.15, -0.1) is 0 Å². The molecule has 0 bridgehead atoms. The molecule has 114 valence electrons. The molecule has 0 radical (unpaired) electrons. The Kier molecular flexibility index (Phi) is 5.95. The third-order valence-electron chi connectivity index (χ3n) is 3.20. The van der Waals surface area contributed by atoms with E-state index in [0.717, 1.165) is 24.5 Å². The van der Waals surface area contributed by atoms with Crippen LogP contribution in [0.2, 0.25) is 0 Å². The molecule has 1 N–H and O–H groups in total. The number of furan rings is 1. The molecule has 1 aromatic heterocycles. The lowest BCUT2D eigenvalue weighted by Crippen LogP contribution is -2.26. The standard InChI is InChI=1S/C18H25NOS/c1-18(2,3)21-13-11-19-16(17-10-7-12-20-17)14-15-8-5-4-6-9-15/h4-10,12,16,19H,11,13-14H2,1-3H3. The molecule has 0 spiro atoms. The van der Waals surface area contributed by atoms with Gasteiger partial charge in [0.25, 0.3) is 0 Å². The average molecular weight is 303 g/mol. The van der Waals surface area contributed by atoms with E-state index in [4.69, 9.17) is 4.42 Å². The molecule has 21 heavy (non-hydrogen) atoms. The number of hydrogen-bond donors (Lipinski definition) is 1. The Labute approximate surface area is 132 Å². The molecular weight excluding hydrogens is 278 g/mol. The van der Waals surface area contributed by atoms with Crippen molar-refractivity contribution in [1.29, 1.82) is 0 Å². The second-order valence-electron chi connectivity index (χ2n) is 6.17. The van der Waals surface area contributed by atoms with Gasteiger partial charge in [0.05, 0.1) is 12.3 Å². The fourth-order valence-corrected chi connectivity index (χ4v) is 3.04. The highest BCUT2D eigenvalue weighted by Crippen LogP contribution is 2.23. The quantitative estimate of drug-likeness (QED) is 0.752. The summed E-state index contributed by atoms with van der Waals surface area (Å²) in [7, 11) is 0. The molecule has 0 amide bonds. The Morgan fingerprint density at radius 2 is 1.86 bits per heavy atom. The van der Waals surface area contributed by atoms with Crippen molar-refractivity contribution in [1.82, 2.24) is 5.32 Å². The Morgan fingerprint density at radius 1 is 1.10 bits per heavy atom. The first-order valence-electron chi connectivity index (χ1n) is 7.49. The molecule has 1 aromatic carbocycles. The summed E-state index contributed by atoms with van der Waals surface area (Å²) >= 11 is 1.99. The molecule has 0 aliphatic carbocycles. The van der Waals surface area contributed by atoms with Gasteiger partial charge in [-0.25, -0.2) is 0 Å². The van der Waals surface area contributed by atoms with E-state index < -0.39 is 0 Å². The van der Waals surface area contributed by atoms with Crippen LogP contribution in [0.15, 0.2) is 53.1 Å². The second-order valence-corrected chi connectivity index (χ2v) is 8.09. The van der Waals surface area contributed by atoms with Crippen molar-refractivity contribution in [2.24, 2.45) is 0 Å². The molecule has 1 atom stereocenters. The van der Waals surface area contributed by atoms with Gasteiger partial charge in [-0.3, -0.25) is 0 Å². The van der Waals surface area contributed by atoms with Crippen LogP contribution in [0.3, 0.4) is 0 Å². The largest absolute Gasteiger partial charge is 0.468 e. The zero-order chi connectivity index (χ0) is 15.1. The van der Waals surface area contributed by atoms with E-state index in [1.165, 1.54) is 5.56 Å². The van der Waals surface area contributed by atoms with E-state index in [2.05, 4.69) is 62.5 Å². The minimum Gasteiger partial charge on any atom is -0.468 e. The number of hydrogen-bond acceptors (Lipinski definition) is 3. The van der Waals surface area contributed by atoms with Crippen LogP contribution < -0.4 is 5.32 Å². The molecule has 2 nitrogen and oxygen atoms in total. The van der Waals surface area contributed by atoms with E-state index in [0.29, 0.717) is 4.75 Å². The molecule has 1 heterocycles. The van der Waals surface area contributed by atoms with Crippen molar-refractivity contribution in [2.75, 3.05) is 12.3 Å².